The van der Waals surface area contributed by atoms with Crippen LogP contribution in [0.1, 0.15) is 36.7 Å². The average Bonchev–Trinajstić information content (AvgIpc) is 2.61. The summed E-state index contributed by atoms with van der Waals surface area (Å²) >= 11 is 0. The minimum Gasteiger partial charge on any atom is -0.487 e. The maximum Gasteiger partial charge on any atom is 0.301 e. The second-order valence-corrected chi connectivity index (χ2v) is 7.40. The fraction of sp³-hybridized carbons (Fsp3) is 0.316. The Balaban J connectivity index is 2.31. The quantitative estimate of drug-likeness (QED) is 0.680. The molecule has 0 aliphatic carbocycles. The largest absolute Gasteiger partial charge is 0.487 e. The van der Waals surface area contributed by atoms with Gasteiger partial charge in [0.05, 0.1) is 5.69 Å². The monoisotopic (exact) mass is 376 g/mol. The van der Waals surface area contributed by atoms with Crippen LogP contribution in [0, 0.1) is 0 Å². The van der Waals surface area contributed by atoms with Crippen LogP contribution >= 0.6 is 0 Å². The minimum atomic E-state index is -3.73. The molecule has 0 spiro atoms. The standard InChI is InChI=1S/C19H24N2O4S/c1-4-21(5-2)26(23,24)20-18-13-17(15(3)22)11-12-19(18)25-14-16-9-7-6-8-10-16/h6-13,20H,4-5,14H2,1-3H3. The SMILES string of the molecule is CCN(CC)S(=O)(=O)Nc1cc(C(C)=O)ccc1OCc1ccccc1. The molecule has 0 aromatic heterocycles. The Morgan fingerprint density at radius 1 is 1.08 bits per heavy atom. The summed E-state index contributed by atoms with van der Waals surface area (Å²) in [6.07, 6.45) is 0. The molecule has 2 aromatic carbocycles. The van der Waals surface area contributed by atoms with E-state index >= 15 is 0 Å². The molecule has 1 N–H and O–H groups in total. The third-order valence-electron chi connectivity index (χ3n) is 3.91. The molecule has 0 saturated heterocycles. The first-order valence-corrected chi connectivity index (χ1v) is 9.91. The van der Waals surface area contributed by atoms with Crippen molar-refractivity contribution < 1.29 is 17.9 Å². The van der Waals surface area contributed by atoms with Gasteiger partial charge < -0.3 is 4.74 Å². The number of Topliss-reactive ketones (excluding diaryl/α,β-unsaturated/α-hetero) is 1. The van der Waals surface area contributed by atoms with Crippen molar-refractivity contribution in [3.63, 3.8) is 0 Å². The lowest BCUT2D eigenvalue weighted by atomic mass is 10.1. The van der Waals surface area contributed by atoms with E-state index < -0.39 is 10.2 Å². The minimum absolute atomic E-state index is 0.150. The van der Waals surface area contributed by atoms with Gasteiger partial charge in [0.1, 0.15) is 12.4 Å². The average molecular weight is 376 g/mol. The highest BCUT2D eigenvalue weighted by molar-refractivity contribution is 7.90. The van der Waals surface area contributed by atoms with E-state index in [1.165, 1.54) is 17.3 Å². The zero-order chi connectivity index (χ0) is 19.2. The van der Waals surface area contributed by atoms with E-state index in [1.807, 2.05) is 30.3 Å². The summed E-state index contributed by atoms with van der Waals surface area (Å²) in [5.74, 6) is 0.220. The molecule has 0 fully saturated rings. The maximum absolute atomic E-state index is 12.5. The summed E-state index contributed by atoms with van der Waals surface area (Å²) in [7, 11) is -3.73. The van der Waals surface area contributed by atoms with Gasteiger partial charge in [-0.3, -0.25) is 9.52 Å². The van der Waals surface area contributed by atoms with E-state index in [4.69, 9.17) is 4.74 Å². The molecular weight excluding hydrogens is 352 g/mol. The number of nitrogens with one attached hydrogen (secondary N) is 1. The summed E-state index contributed by atoms with van der Waals surface area (Å²) in [6.45, 7) is 5.95. The second kappa shape index (κ2) is 8.82. The molecule has 7 heteroatoms. The van der Waals surface area contributed by atoms with E-state index in [9.17, 15) is 13.2 Å². The zero-order valence-corrected chi connectivity index (χ0v) is 16.0. The molecule has 0 aliphatic heterocycles. The predicted molar refractivity (Wildman–Crippen MR) is 103 cm³/mol. The number of carbonyl (C=O) groups excluding carboxylic acids is 1. The number of benzene rings is 2. The molecule has 0 heterocycles. The number of anilines is 1. The molecule has 0 bridgehead atoms. The van der Waals surface area contributed by atoms with Gasteiger partial charge in [0.25, 0.3) is 0 Å². The van der Waals surface area contributed by atoms with Crippen molar-refractivity contribution in [2.24, 2.45) is 0 Å². The Kier molecular flexibility index (Phi) is 6.76. The van der Waals surface area contributed by atoms with E-state index in [0.717, 1.165) is 5.56 Å². The fourth-order valence-corrected chi connectivity index (χ4v) is 3.70. The maximum atomic E-state index is 12.5. The Labute approximate surface area is 155 Å². The van der Waals surface area contributed by atoms with Crippen LogP contribution in [0.3, 0.4) is 0 Å². The van der Waals surface area contributed by atoms with Crippen molar-refractivity contribution >= 4 is 21.7 Å². The van der Waals surface area contributed by atoms with Crippen molar-refractivity contribution in [1.29, 1.82) is 0 Å². The highest BCUT2D eigenvalue weighted by atomic mass is 32.2. The molecule has 6 nitrogen and oxygen atoms in total. The lowest BCUT2D eigenvalue weighted by Gasteiger charge is -2.21. The first-order valence-electron chi connectivity index (χ1n) is 8.47. The second-order valence-electron chi connectivity index (χ2n) is 5.73. The molecular formula is C19H24N2O4S. The Morgan fingerprint density at radius 2 is 1.73 bits per heavy atom. The van der Waals surface area contributed by atoms with Crippen molar-refractivity contribution in [1.82, 2.24) is 4.31 Å². The smallest absolute Gasteiger partial charge is 0.301 e. The summed E-state index contributed by atoms with van der Waals surface area (Å²) < 4.78 is 34.7. The van der Waals surface area contributed by atoms with Gasteiger partial charge in [-0.1, -0.05) is 44.2 Å². The third kappa shape index (κ3) is 5.06. The molecule has 140 valence electrons. The lowest BCUT2D eigenvalue weighted by Crippen LogP contribution is -2.35. The molecule has 26 heavy (non-hydrogen) atoms. The van der Waals surface area contributed by atoms with Gasteiger partial charge in [-0.25, -0.2) is 0 Å². The van der Waals surface area contributed by atoms with Gasteiger partial charge in [0.15, 0.2) is 5.78 Å². The lowest BCUT2D eigenvalue weighted by molar-refractivity contribution is 0.101. The van der Waals surface area contributed by atoms with Crippen LogP contribution in [0.25, 0.3) is 0 Å². The normalized spacial score (nSPS) is 11.4. The summed E-state index contributed by atoms with van der Waals surface area (Å²) in [5.41, 5.74) is 1.62. The van der Waals surface area contributed by atoms with Crippen LogP contribution in [0.2, 0.25) is 0 Å². The van der Waals surface area contributed by atoms with Gasteiger partial charge in [-0.2, -0.15) is 12.7 Å². The highest BCUT2D eigenvalue weighted by Gasteiger charge is 2.21. The van der Waals surface area contributed by atoms with Gasteiger partial charge in [0.2, 0.25) is 0 Å². The summed E-state index contributed by atoms with van der Waals surface area (Å²) in [4.78, 5) is 11.7. The van der Waals surface area contributed by atoms with Crippen LogP contribution < -0.4 is 9.46 Å². The van der Waals surface area contributed by atoms with E-state index in [1.54, 1.807) is 26.0 Å². The van der Waals surface area contributed by atoms with E-state index in [-0.39, 0.29) is 11.5 Å². The Bertz CT molecular complexity index is 847. The van der Waals surface area contributed by atoms with Gasteiger partial charge in [-0.05, 0) is 30.7 Å². The Hall–Kier alpha value is -2.38. The Morgan fingerprint density at radius 3 is 2.31 bits per heavy atom. The van der Waals surface area contributed by atoms with E-state index in [0.29, 0.717) is 31.0 Å². The van der Waals surface area contributed by atoms with Crippen LogP contribution in [0.15, 0.2) is 48.5 Å². The van der Waals surface area contributed by atoms with Gasteiger partial charge >= 0.3 is 10.2 Å². The zero-order valence-electron chi connectivity index (χ0n) is 15.2. The molecule has 2 aromatic rings. The number of ether oxygens (including phenoxy) is 1. The molecule has 0 saturated carbocycles. The van der Waals surface area contributed by atoms with Crippen molar-refractivity contribution in [2.45, 2.75) is 27.4 Å². The topological polar surface area (TPSA) is 75.7 Å². The van der Waals surface area contributed by atoms with Crippen LogP contribution in [0.5, 0.6) is 5.75 Å². The van der Waals surface area contributed by atoms with Gasteiger partial charge in [-0.15, -0.1) is 0 Å². The first-order chi connectivity index (χ1) is 12.4. The van der Waals surface area contributed by atoms with Crippen LogP contribution in [-0.4, -0.2) is 31.6 Å². The number of nitrogens with zero attached hydrogens (tertiary/aromatic N) is 1. The van der Waals surface area contributed by atoms with Crippen LogP contribution in [-0.2, 0) is 16.8 Å². The molecule has 0 amide bonds. The molecule has 2 rings (SSSR count). The number of hydrogen-bond donors (Lipinski definition) is 1. The number of carbonyl (C=O) groups is 1. The number of rotatable bonds is 9. The number of ketones is 1. The molecule has 0 atom stereocenters. The molecule has 0 unspecified atom stereocenters. The molecule has 0 radical (unpaired) electrons. The van der Waals surface area contributed by atoms with Gasteiger partial charge in [0, 0.05) is 18.7 Å². The van der Waals surface area contributed by atoms with Crippen LogP contribution in [0.4, 0.5) is 5.69 Å². The molecule has 0 aliphatic rings. The fourth-order valence-electron chi connectivity index (χ4n) is 2.46. The highest BCUT2D eigenvalue weighted by Crippen LogP contribution is 2.28. The van der Waals surface area contributed by atoms with Crippen molar-refractivity contribution in [2.75, 3.05) is 17.8 Å². The summed E-state index contributed by atoms with van der Waals surface area (Å²) in [5, 5.41) is 0. The predicted octanol–water partition coefficient (Wildman–Crippen LogP) is 3.47. The first kappa shape index (κ1) is 19.9. The third-order valence-corrected chi connectivity index (χ3v) is 5.58. The number of hydrogen-bond acceptors (Lipinski definition) is 4. The van der Waals surface area contributed by atoms with E-state index in [2.05, 4.69) is 4.72 Å². The summed E-state index contributed by atoms with van der Waals surface area (Å²) in [6, 6.07) is 14.3. The van der Waals surface area contributed by atoms with Crippen molar-refractivity contribution in [3.05, 3.63) is 59.7 Å². The van der Waals surface area contributed by atoms with Crippen molar-refractivity contribution in [3.8, 4) is 5.75 Å².